The molecule has 0 bridgehead atoms. The maximum absolute atomic E-state index is 13.5. The summed E-state index contributed by atoms with van der Waals surface area (Å²) in [6.07, 6.45) is 13.7. The molecule has 0 spiro atoms. The van der Waals surface area contributed by atoms with E-state index in [2.05, 4.69) is 29.6 Å². The van der Waals surface area contributed by atoms with Crippen LogP contribution < -0.4 is 10.9 Å². The summed E-state index contributed by atoms with van der Waals surface area (Å²) in [6.45, 7) is 0. The summed E-state index contributed by atoms with van der Waals surface area (Å²) in [7, 11) is 0. The number of aryl methyl sites for hydroxylation is 1. The maximum Gasteiger partial charge on any atom is 0.262 e. The van der Waals surface area contributed by atoms with Gasteiger partial charge in [-0.3, -0.25) is 9.36 Å². The summed E-state index contributed by atoms with van der Waals surface area (Å²) >= 11 is 1.75. The lowest BCUT2D eigenvalue weighted by molar-refractivity contribution is 0.322. The summed E-state index contributed by atoms with van der Waals surface area (Å²) in [5.74, 6) is 0. The van der Waals surface area contributed by atoms with E-state index >= 15 is 0 Å². The third-order valence-electron chi connectivity index (χ3n) is 7.49. The average molecular weight is 420 g/mol. The standard InChI is InChI=1S/C25H29N3OS/c29-25-23-21-11-10-19(27-18-8-2-1-3-9-18)14-22(21)30-24(23)26-15-28(25)20-12-16-6-4-5-7-17(16)13-20/h4-7,15,18-20,27H,1-3,8-14H2. The molecule has 1 saturated carbocycles. The third-order valence-corrected chi connectivity index (χ3v) is 8.66. The van der Waals surface area contributed by atoms with Crippen molar-refractivity contribution in [2.45, 2.75) is 82.3 Å². The van der Waals surface area contributed by atoms with E-state index in [1.807, 2.05) is 4.57 Å². The minimum absolute atomic E-state index is 0.175. The van der Waals surface area contributed by atoms with E-state index in [0.29, 0.717) is 12.1 Å². The average Bonchev–Trinajstić information content (AvgIpc) is 3.36. The second-order valence-corrected chi connectivity index (χ2v) is 10.5. The fourth-order valence-corrected chi connectivity index (χ4v) is 7.17. The quantitative estimate of drug-likeness (QED) is 0.676. The van der Waals surface area contributed by atoms with Crippen molar-refractivity contribution in [1.29, 1.82) is 0 Å². The Balaban J connectivity index is 1.28. The molecule has 1 N–H and O–H groups in total. The molecule has 1 fully saturated rings. The number of thiophene rings is 1. The molecule has 5 heteroatoms. The summed E-state index contributed by atoms with van der Waals surface area (Å²) in [6, 6.07) is 10.0. The van der Waals surface area contributed by atoms with E-state index in [4.69, 9.17) is 4.98 Å². The van der Waals surface area contributed by atoms with Crippen LogP contribution in [0.2, 0.25) is 0 Å². The van der Waals surface area contributed by atoms with Gasteiger partial charge < -0.3 is 5.32 Å². The van der Waals surface area contributed by atoms with Gasteiger partial charge in [0.2, 0.25) is 0 Å². The van der Waals surface area contributed by atoms with Gasteiger partial charge in [0.15, 0.2) is 0 Å². The number of rotatable bonds is 3. The normalized spacial score (nSPS) is 22.3. The molecule has 1 unspecified atom stereocenters. The number of hydrogen-bond donors (Lipinski definition) is 1. The number of nitrogens with one attached hydrogen (secondary N) is 1. The molecular weight excluding hydrogens is 390 g/mol. The molecule has 2 aromatic heterocycles. The molecule has 1 atom stereocenters. The number of benzene rings is 1. The molecule has 1 aromatic carbocycles. The predicted molar refractivity (Wildman–Crippen MR) is 123 cm³/mol. The SMILES string of the molecule is O=c1c2c3c(sc2ncn1C1Cc2ccccc2C1)CC(NC1CCCCC1)CC3. The smallest absolute Gasteiger partial charge is 0.262 e. The summed E-state index contributed by atoms with van der Waals surface area (Å²) in [5.41, 5.74) is 4.21. The van der Waals surface area contributed by atoms with Crippen molar-refractivity contribution in [2.75, 3.05) is 0 Å². The predicted octanol–water partition coefficient (Wildman–Crippen LogP) is 4.58. The van der Waals surface area contributed by atoms with Crippen LogP contribution in [0.4, 0.5) is 0 Å². The van der Waals surface area contributed by atoms with Gasteiger partial charge in [0, 0.05) is 23.0 Å². The first-order chi connectivity index (χ1) is 14.8. The Kier molecular flexibility index (Phi) is 4.76. The van der Waals surface area contributed by atoms with Crippen molar-refractivity contribution in [2.24, 2.45) is 0 Å². The fraction of sp³-hybridized carbons (Fsp3) is 0.520. The molecular formula is C25H29N3OS. The highest BCUT2D eigenvalue weighted by Crippen LogP contribution is 2.35. The van der Waals surface area contributed by atoms with Gasteiger partial charge in [-0.2, -0.15) is 0 Å². The van der Waals surface area contributed by atoms with Gasteiger partial charge in [0.25, 0.3) is 5.56 Å². The maximum atomic E-state index is 13.5. The highest BCUT2D eigenvalue weighted by atomic mass is 32.1. The Morgan fingerprint density at radius 3 is 2.50 bits per heavy atom. The van der Waals surface area contributed by atoms with Crippen molar-refractivity contribution < 1.29 is 0 Å². The molecule has 2 heterocycles. The van der Waals surface area contributed by atoms with Crippen LogP contribution in [0.1, 0.15) is 66.1 Å². The Morgan fingerprint density at radius 1 is 0.967 bits per heavy atom. The Labute approximate surface area is 181 Å². The topological polar surface area (TPSA) is 46.9 Å². The lowest BCUT2D eigenvalue weighted by atomic mass is 9.90. The zero-order chi connectivity index (χ0) is 20.1. The summed E-state index contributed by atoms with van der Waals surface area (Å²) in [4.78, 5) is 20.6. The van der Waals surface area contributed by atoms with Gasteiger partial charge in [-0.25, -0.2) is 4.98 Å². The van der Waals surface area contributed by atoms with Gasteiger partial charge in [-0.1, -0.05) is 43.5 Å². The van der Waals surface area contributed by atoms with Crippen LogP contribution in [0, 0.1) is 0 Å². The zero-order valence-corrected chi connectivity index (χ0v) is 18.2. The zero-order valence-electron chi connectivity index (χ0n) is 17.4. The van der Waals surface area contributed by atoms with Gasteiger partial charge in [0.05, 0.1) is 11.7 Å². The monoisotopic (exact) mass is 419 g/mol. The van der Waals surface area contributed by atoms with Crippen LogP contribution in [0.3, 0.4) is 0 Å². The number of fused-ring (bicyclic) bond motifs is 4. The second-order valence-electron chi connectivity index (χ2n) is 9.41. The molecule has 0 aliphatic heterocycles. The van der Waals surface area contributed by atoms with Crippen LogP contribution in [0.5, 0.6) is 0 Å². The van der Waals surface area contributed by atoms with Crippen molar-refractivity contribution in [3.8, 4) is 0 Å². The lowest BCUT2D eigenvalue weighted by Gasteiger charge is -2.30. The highest BCUT2D eigenvalue weighted by molar-refractivity contribution is 7.18. The van der Waals surface area contributed by atoms with Gasteiger partial charge in [0.1, 0.15) is 4.83 Å². The van der Waals surface area contributed by atoms with Crippen LogP contribution in [-0.2, 0) is 25.7 Å². The van der Waals surface area contributed by atoms with Gasteiger partial charge in [-0.05, 0) is 61.6 Å². The van der Waals surface area contributed by atoms with Crippen molar-refractivity contribution in [1.82, 2.24) is 14.9 Å². The number of hydrogen-bond acceptors (Lipinski definition) is 4. The van der Waals surface area contributed by atoms with E-state index in [1.54, 1.807) is 17.7 Å². The van der Waals surface area contributed by atoms with E-state index in [0.717, 1.165) is 42.3 Å². The van der Waals surface area contributed by atoms with Crippen LogP contribution >= 0.6 is 11.3 Å². The van der Waals surface area contributed by atoms with Gasteiger partial charge in [-0.15, -0.1) is 11.3 Å². The first-order valence-electron chi connectivity index (χ1n) is 11.6. The molecule has 4 nitrogen and oxygen atoms in total. The fourth-order valence-electron chi connectivity index (χ4n) is 5.92. The number of aromatic nitrogens is 2. The lowest BCUT2D eigenvalue weighted by Crippen LogP contribution is -2.42. The number of nitrogens with zero attached hydrogens (tertiary/aromatic N) is 2. The van der Waals surface area contributed by atoms with Crippen LogP contribution in [0.25, 0.3) is 10.2 Å². The van der Waals surface area contributed by atoms with E-state index < -0.39 is 0 Å². The molecule has 3 aliphatic carbocycles. The highest BCUT2D eigenvalue weighted by Gasteiger charge is 2.29. The van der Waals surface area contributed by atoms with Crippen LogP contribution in [-0.4, -0.2) is 21.6 Å². The minimum atomic E-state index is 0.175. The largest absolute Gasteiger partial charge is 0.311 e. The van der Waals surface area contributed by atoms with Crippen molar-refractivity contribution >= 4 is 21.6 Å². The first-order valence-corrected chi connectivity index (χ1v) is 12.4. The molecule has 3 aliphatic rings. The van der Waals surface area contributed by atoms with Crippen LogP contribution in [0.15, 0.2) is 35.4 Å². The summed E-state index contributed by atoms with van der Waals surface area (Å²) < 4.78 is 1.92. The van der Waals surface area contributed by atoms with E-state index in [-0.39, 0.29) is 11.6 Å². The van der Waals surface area contributed by atoms with E-state index in [1.165, 1.54) is 53.7 Å². The summed E-state index contributed by atoms with van der Waals surface area (Å²) in [5, 5.41) is 4.83. The molecule has 6 rings (SSSR count). The van der Waals surface area contributed by atoms with Crippen molar-refractivity contribution in [3.05, 3.63) is 62.5 Å². The molecule has 0 saturated heterocycles. The van der Waals surface area contributed by atoms with Crippen molar-refractivity contribution in [3.63, 3.8) is 0 Å². The van der Waals surface area contributed by atoms with E-state index in [9.17, 15) is 4.79 Å². The molecule has 3 aromatic rings. The minimum Gasteiger partial charge on any atom is -0.311 e. The second kappa shape index (κ2) is 7.61. The molecule has 30 heavy (non-hydrogen) atoms. The first kappa shape index (κ1) is 18.8. The Morgan fingerprint density at radius 2 is 1.73 bits per heavy atom. The Hall–Kier alpha value is -1.98. The molecule has 156 valence electrons. The molecule has 0 radical (unpaired) electrons. The Bertz CT molecular complexity index is 1120. The third kappa shape index (κ3) is 3.23. The van der Waals surface area contributed by atoms with Gasteiger partial charge >= 0.3 is 0 Å². The molecule has 0 amide bonds.